The molecule has 1 saturated heterocycles. The van der Waals surface area contributed by atoms with Gasteiger partial charge in [-0.05, 0) is 38.2 Å². The van der Waals surface area contributed by atoms with Crippen molar-refractivity contribution in [2.45, 2.75) is 26.1 Å². The standard InChI is InChI=1S/C15H27N2O3PSi/c1-22(2,3)20-21(18,14-17-9-11-19-12-10-17)13-7-15-6-4-5-8-16-15/h4-6,8H,7,9-14H2,1-3H3. The van der Waals surface area contributed by atoms with E-state index < -0.39 is 15.7 Å². The Morgan fingerprint density at radius 3 is 2.64 bits per heavy atom. The van der Waals surface area contributed by atoms with Crippen molar-refractivity contribution in [1.29, 1.82) is 0 Å². The smallest absolute Gasteiger partial charge is 0.207 e. The Morgan fingerprint density at radius 1 is 1.32 bits per heavy atom. The minimum Gasteiger partial charge on any atom is -0.379 e. The third-order valence-electron chi connectivity index (χ3n) is 3.39. The van der Waals surface area contributed by atoms with E-state index in [1.807, 2.05) is 18.2 Å². The quantitative estimate of drug-likeness (QED) is 0.563. The molecular weight excluding hydrogens is 315 g/mol. The summed E-state index contributed by atoms with van der Waals surface area (Å²) in [6.07, 6.45) is 3.58. The zero-order chi connectivity index (χ0) is 16.1. The number of aryl methyl sites for hydroxylation is 1. The lowest BCUT2D eigenvalue weighted by Crippen LogP contribution is -2.38. The molecule has 1 aliphatic rings. The summed E-state index contributed by atoms with van der Waals surface area (Å²) in [4.78, 5) is 6.54. The van der Waals surface area contributed by atoms with Gasteiger partial charge in [-0.1, -0.05) is 6.07 Å². The van der Waals surface area contributed by atoms with Gasteiger partial charge in [0.15, 0.2) is 8.32 Å². The van der Waals surface area contributed by atoms with Crippen LogP contribution in [0.15, 0.2) is 24.4 Å². The molecule has 1 atom stereocenters. The van der Waals surface area contributed by atoms with Gasteiger partial charge >= 0.3 is 0 Å². The first-order valence-corrected chi connectivity index (χ1v) is 13.3. The van der Waals surface area contributed by atoms with Crippen LogP contribution >= 0.6 is 7.37 Å². The van der Waals surface area contributed by atoms with Gasteiger partial charge in [0.2, 0.25) is 7.37 Å². The van der Waals surface area contributed by atoms with E-state index >= 15 is 0 Å². The molecule has 0 aromatic carbocycles. The largest absolute Gasteiger partial charge is 0.379 e. The lowest BCUT2D eigenvalue weighted by Gasteiger charge is -2.33. The molecule has 0 radical (unpaired) electrons. The second kappa shape index (κ2) is 7.84. The Kier molecular flexibility index (Phi) is 6.35. The summed E-state index contributed by atoms with van der Waals surface area (Å²) in [5.74, 6) is 0. The molecule has 1 aromatic heterocycles. The van der Waals surface area contributed by atoms with Crippen LogP contribution < -0.4 is 0 Å². The molecule has 1 unspecified atom stereocenters. The summed E-state index contributed by atoms with van der Waals surface area (Å²) in [5.41, 5.74) is 0.976. The lowest BCUT2D eigenvalue weighted by atomic mass is 10.3. The van der Waals surface area contributed by atoms with Crippen molar-refractivity contribution < 1.29 is 13.5 Å². The fourth-order valence-corrected chi connectivity index (χ4v) is 8.71. The third-order valence-corrected chi connectivity index (χ3v) is 8.65. The number of hydrogen-bond donors (Lipinski definition) is 0. The normalized spacial score (nSPS) is 19.8. The van der Waals surface area contributed by atoms with Gasteiger partial charge < -0.3 is 8.95 Å². The molecule has 2 rings (SSSR count). The van der Waals surface area contributed by atoms with Crippen molar-refractivity contribution in [2.24, 2.45) is 0 Å². The predicted molar refractivity (Wildman–Crippen MR) is 92.1 cm³/mol. The van der Waals surface area contributed by atoms with Gasteiger partial charge in [0.25, 0.3) is 0 Å². The fourth-order valence-electron chi connectivity index (χ4n) is 2.52. The minimum atomic E-state index is -2.68. The van der Waals surface area contributed by atoms with Gasteiger partial charge in [0.05, 0.1) is 19.5 Å². The number of nitrogens with zero attached hydrogens (tertiary/aromatic N) is 2. The van der Waals surface area contributed by atoms with Gasteiger partial charge in [0, 0.05) is 31.1 Å². The molecule has 124 valence electrons. The van der Waals surface area contributed by atoms with E-state index in [0.29, 0.717) is 32.1 Å². The Balaban J connectivity index is 2.02. The van der Waals surface area contributed by atoms with Crippen molar-refractivity contribution in [3.05, 3.63) is 30.1 Å². The summed E-state index contributed by atoms with van der Waals surface area (Å²) < 4.78 is 24.9. The molecule has 0 amide bonds. The Morgan fingerprint density at radius 2 is 2.05 bits per heavy atom. The highest BCUT2D eigenvalue weighted by atomic mass is 31.2. The topological polar surface area (TPSA) is 51.7 Å². The summed E-state index contributed by atoms with van der Waals surface area (Å²) in [6, 6.07) is 5.84. The predicted octanol–water partition coefficient (Wildman–Crippen LogP) is 3.04. The molecule has 2 heterocycles. The molecule has 1 aliphatic heterocycles. The van der Waals surface area contributed by atoms with E-state index in [-0.39, 0.29) is 0 Å². The van der Waals surface area contributed by atoms with Crippen molar-refractivity contribution in [1.82, 2.24) is 9.88 Å². The van der Waals surface area contributed by atoms with E-state index in [2.05, 4.69) is 29.5 Å². The average molecular weight is 342 g/mol. The summed E-state index contributed by atoms with van der Waals surface area (Å²) >= 11 is 0. The lowest BCUT2D eigenvalue weighted by molar-refractivity contribution is 0.0454. The Bertz CT molecular complexity index is 501. The highest BCUT2D eigenvalue weighted by Gasteiger charge is 2.32. The van der Waals surface area contributed by atoms with Crippen molar-refractivity contribution >= 4 is 15.7 Å². The Labute approximate surface area is 134 Å². The molecule has 0 aliphatic carbocycles. The monoisotopic (exact) mass is 342 g/mol. The number of hydrogen-bond acceptors (Lipinski definition) is 5. The fraction of sp³-hybridized carbons (Fsp3) is 0.667. The van der Waals surface area contributed by atoms with Gasteiger partial charge in [0.1, 0.15) is 0 Å². The number of pyridine rings is 1. The zero-order valence-electron chi connectivity index (χ0n) is 13.8. The van der Waals surface area contributed by atoms with Gasteiger partial charge in [-0.3, -0.25) is 14.4 Å². The maximum Gasteiger partial charge on any atom is 0.207 e. The molecule has 5 nitrogen and oxygen atoms in total. The van der Waals surface area contributed by atoms with Crippen LogP contribution in [0.25, 0.3) is 0 Å². The molecule has 0 N–H and O–H groups in total. The van der Waals surface area contributed by atoms with Crippen molar-refractivity contribution in [3.8, 4) is 0 Å². The highest BCUT2D eigenvalue weighted by Crippen LogP contribution is 2.50. The molecule has 0 bridgehead atoms. The van der Waals surface area contributed by atoms with Crippen molar-refractivity contribution in [3.63, 3.8) is 0 Å². The summed E-state index contributed by atoms with van der Waals surface area (Å²) in [5, 5.41) is 0. The average Bonchev–Trinajstić information content (AvgIpc) is 2.45. The van der Waals surface area contributed by atoms with E-state index in [4.69, 9.17) is 8.95 Å². The molecule has 0 saturated carbocycles. The second-order valence-corrected chi connectivity index (χ2v) is 14.0. The summed E-state index contributed by atoms with van der Waals surface area (Å²) in [7, 11) is -4.54. The Hall–Kier alpha value is -0.523. The SMILES string of the molecule is C[Si](C)(C)OP(=O)(CCc1ccccn1)CN1CCOCC1. The number of aromatic nitrogens is 1. The van der Waals surface area contributed by atoms with Crippen LogP contribution in [0.4, 0.5) is 0 Å². The van der Waals surface area contributed by atoms with Crippen LogP contribution in [-0.4, -0.2) is 57.0 Å². The molecule has 1 fully saturated rings. The van der Waals surface area contributed by atoms with Crippen LogP contribution in [0.2, 0.25) is 19.6 Å². The first kappa shape index (κ1) is 17.8. The molecule has 7 heteroatoms. The van der Waals surface area contributed by atoms with E-state index in [1.165, 1.54) is 0 Å². The number of rotatable bonds is 7. The number of morpholine rings is 1. The third kappa shape index (κ3) is 6.30. The minimum absolute atomic E-state index is 0.535. The van der Waals surface area contributed by atoms with Crippen LogP contribution in [0.1, 0.15) is 5.69 Å². The maximum absolute atomic E-state index is 13.4. The maximum atomic E-state index is 13.4. The van der Waals surface area contributed by atoms with E-state index in [0.717, 1.165) is 18.8 Å². The van der Waals surface area contributed by atoms with Crippen LogP contribution in [-0.2, 0) is 19.9 Å². The van der Waals surface area contributed by atoms with Crippen LogP contribution in [0, 0.1) is 0 Å². The molecule has 1 aromatic rings. The first-order valence-electron chi connectivity index (χ1n) is 7.85. The van der Waals surface area contributed by atoms with Gasteiger partial charge in [-0.15, -0.1) is 0 Å². The van der Waals surface area contributed by atoms with Crippen LogP contribution in [0.3, 0.4) is 0 Å². The van der Waals surface area contributed by atoms with Crippen LogP contribution in [0.5, 0.6) is 0 Å². The molecule has 0 spiro atoms. The van der Waals surface area contributed by atoms with Crippen molar-refractivity contribution in [2.75, 3.05) is 38.8 Å². The summed E-state index contributed by atoms with van der Waals surface area (Å²) in [6.45, 7) is 9.39. The second-order valence-electron chi connectivity index (χ2n) is 6.68. The molecule has 22 heavy (non-hydrogen) atoms. The van der Waals surface area contributed by atoms with E-state index in [1.54, 1.807) is 6.20 Å². The number of ether oxygens (including phenoxy) is 1. The zero-order valence-corrected chi connectivity index (χ0v) is 15.7. The first-order chi connectivity index (χ1) is 10.4. The van der Waals surface area contributed by atoms with E-state index in [9.17, 15) is 4.57 Å². The highest BCUT2D eigenvalue weighted by molar-refractivity contribution is 7.60. The molecular formula is C15H27N2O3PSi. The van der Waals surface area contributed by atoms with Gasteiger partial charge in [-0.25, -0.2) is 0 Å². The van der Waals surface area contributed by atoms with Gasteiger partial charge in [-0.2, -0.15) is 0 Å².